The first kappa shape index (κ1) is 15.4. The van der Waals surface area contributed by atoms with E-state index < -0.39 is 8.32 Å². The van der Waals surface area contributed by atoms with Gasteiger partial charge in [-0.1, -0.05) is 20.8 Å². The summed E-state index contributed by atoms with van der Waals surface area (Å²) in [6.45, 7) is 14.1. The zero-order chi connectivity index (χ0) is 12.1. The van der Waals surface area contributed by atoms with Crippen molar-refractivity contribution in [1.29, 1.82) is 0 Å². The van der Waals surface area contributed by atoms with E-state index in [4.69, 9.17) is 16.0 Å². The molecular weight excluding hydrogens is 226 g/mol. The van der Waals surface area contributed by atoms with Gasteiger partial charge in [0.05, 0.1) is 0 Å². The van der Waals surface area contributed by atoms with Crippen molar-refractivity contribution in [3.63, 3.8) is 0 Å². The van der Waals surface area contributed by atoms with Crippen LogP contribution in [0.3, 0.4) is 0 Å². The van der Waals surface area contributed by atoms with Crippen LogP contribution < -0.4 is 0 Å². The molecule has 0 bridgehead atoms. The highest BCUT2D eigenvalue weighted by molar-refractivity contribution is 6.74. The second-order valence-electron chi connectivity index (χ2n) is 5.60. The van der Waals surface area contributed by atoms with Crippen molar-refractivity contribution in [2.45, 2.75) is 38.9 Å². The predicted octanol–water partition coefficient (Wildman–Crippen LogP) is 3.18. The molecule has 0 aromatic rings. The molecule has 0 unspecified atom stereocenters. The molecule has 4 heteroatoms. The van der Waals surface area contributed by atoms with E-state index in [1.807, 2.05) is 0 Å². The number of halogens is 1. The predicted molar refractivity (Wildman–Crippen MR) is 71.4 cm³/mol. The average Bonchev–Trinajstić information content (AvgIpc) is 2.01. The zero-order valence-electron chi connectivity index (χ0n) is 11.1. The summed E-state index contributed by atoms with van der Waals surface area (Å²) in [4.78, 5) is 2.21. The van der Waals surface area contributed by atoms with Crippen LogP contribution in [0, 0.1) is 0 Å². The summed E-state index contributed by atoms with van der Waals surface area (Å²) in [5.41, 5.74) is 0. The van der Waals surface area contributed by atoms with Gasteiger partial charge in [-0.15, -0.1) is 11.6 Å². The molecule has 0 aliphatic rings. The van der Waals surface area contributed by atoms with Crippen LogP contribution in [0.5, 0.6) is 0 Å². The fourth-order valence-corrected chi connectivity index (χ4v) is 2.25. The number of nitrogens with zero attached hydrogens (tertiary/aromatic N) is 1. The standard InChI is InChI=1S/C11H26ClNOSi/c1-11(2,3)15(5,6)14-10-9-13(4)8-7-12/h7-10H2,1-6H3. The minimum absolute atomic E-state index is 0.304. The van der Waals surface area contributed by atoms with Gasteiger partial charge in [0.1, 0.15) is 0 Å². The lowest BCUT2D eigenvalue weighted by atomic mass is 10.2. The Bertz CT molecular complexity index is 180. The molecule has 15 heavy (non-hydrogen) atoms. The van der Waals surface area contributed by atoms with Crippen molar-refractivity contribution >= 4 is 19.9 Å². The summed E-state index contributed by atoms with van der Waals surface area (Å²) >= 11 is 5.66. The van der Waals surface area contributed by atoms with E-state index in [-0.39, 0.29) is 0 Å². The van der Waals surface area contributed by atoms with Gasteiger partial charge >= 0.3 is 0 Å². The first-order valence-electron chi connectivity index (χ1n) is 5.59. The van der Waals surface area contributed by atoms with Gasteiger partial charge < -0.3 is 9.33 Å². The van der Waals surface area contributed by atoms with Crippen LogP contribution in [0.1, 0.15) is 20.8 Å². The molecule has 0 aromatic heterocycles. The molecule has 0 heterocycles. The summed E-state index contributed by atoms with van der Waals surface area (Å²) < 4.78 is 6.07. The molecule has 0 rings (SSSR count). The Morgan fingerprint density at radius 1 is 1.20 bits per heavy atom. The van der Waals surface area contributed by atoms with Gasteiger partial charge in [-0.25, -0.2) is 0 Å². The second-order valence-corrected chi connectivity index (χ2v) is 10.8. The van der Waals surface area contributed by atoms with Crippen LogP contribution in [0.25, 0.3) is 0 Å². The lowest BCUT2D eigenvalue weighted by Crippen LogP contribution is -2.42. The van der Waals surface area contributed by atoms with Crippen molar-refractivity contribution in [3.8, 4) is 0 Å². The Morgan fingerprint density at radius 3 is 2.13 bits per heavy atom. The van der Waals surface area contributed by atoms with Gasteiger partial charge in [0, 0.05) is 25.6 Å². The molecule has 0 aliphatic heterocycles. The lowest BCUT2D eigenvalue weighted by Gasteiger charge is -2.36. The van der Waals surface area contributed by atoms with Gasteiger partial charge in [-0.2, -0.15) is 0 Å². The molecule has 2 nitrogen and oxygen atoms in total. The molecule has 0 N–H and O–H groups in total. The Hall–Kier alpha value is 0.427. The van der Waals surface area contributed by atoms with Crippen LogP contribution in [0.2, 0.25) is 18.1 Å². The summed E-state index contributed by atoms with van der Waals surface area (Å²) in [5.74, 6) is 0.691. The number of hydrogen-bond donors (Lipinski definition) is 0. The smallest absolute Gasteiger partial charge is 0.192 e. The highest BCUT2D eigenvalue weighted by Gasteiger charge is 2.36. The van der Waals surface area contributed by atoms with Crippen molar-refractivity contribution in [2.75, 3.05) is 32.6 Å². The van der Waals surface area contributed by atoms with Gasteiger partial charge in [0.2, 0.25) is 0 Å². The molecule has 0 radical (unpaired) electrons. The van der Waals surface area contributed by atoms with Gasteiger partial charge in [0.25, 0.3) is 0 Å². The van der Waals surface area contributed by atoms with Crippen LogP contribution in [-0.2, 0) is 4.43 Å². The van der Waals surface area contributed by atoms with E-state index in [1.165, 1.54) is 0 Å². The maximum Gasteiger partial charge on any atom is 0.192 e. The first-order chi connectivity index (χ1) is 6.70. The number of rotatable bonds is 6. The van der Waals surface area contributed by atoms with E-state index in [0.29, 0.717) is 10.9 Å². The Balaban J connectivity index is 3.85. The summed E-state index contributed by atoms with van der Waals surface area (Å²) in [6.07, 6.45) is 0. The van der Waals surface area contributed by atoms with Crippen LogP contribution in [-0.4, -0.2) is 45.8 Å². The third-order valence-electron chi connectivity index (χ3n) is 3.21. The first-order valence-corrected chi connectivity index (χ1v) is 9.03. The van der Waals surface area contributed by atoms with E-state index in [1.54, 1.807) is 0 Å². The summed E-state index contributed by atoms with van der Waals surface area (Å²) in [7, 11) is 0.526. The Labute approximate surface area is 101 Å². The molecule has 0 fully saturated rings. The third-order valence-corrected chi connectivity index (χ3v) is 7.92. The lowest BCUT2D eigenvalue weighted by molar-refractivity contribution is 0.228. The van der Waals surface area contributed by atoms with Crippen LogP contribution in [0.15, 0.2) is 0 Å². The minimum atomic E-state index is -1.55. The number of hydrogen-bond acceptors (Lipinski definition) is 2. The highest BCUT2D eigenvalue weighted by atomic mass is 35.5. The number of likely N-dealkylation sites (N-methyl/N-ethyl adjacent to an activating group) is 1. The maximum atomic E-state index is 6.07. The van der Waals surface area contributed by atoms with E-state index in [2.05, 4.69) is 45.8 Å². The summed E-state index contributed by atoms with van der Waals surface area (Å²) in [5, 5.41) is 0.304. The number of alkyl halides is 1. The molecular formula is C11H26ClNOSi. The largest absolute Gasteiger partial charge is 0.416 e. The van der Waals surface area contributed by atoms with Crippen LogP contribution in [0.4, 0.5) is 0 Å². The molecule has 0 saturated carbocycles. The Morgan fingerprint density at radius 2 is 1.73 bits per heavy atom. The van der Waals surface area contributed by atoms with Gasteiger partial charge in [0.15, 0.2) is 8.32 Å². The van der Waals surface area contributed by atoms with E-state index in [0.717, 1.165) is 19.7 Å². The fourth-order valence-electron chi connectivity index (χ4n) is 0.929. The van der Waals surface area contributed by atoms with E-state index in [9.17, 15) is 0 Å². The van der Waals surface area contributed by atoms with Crippen molar-refractivity contribution < 1.29 is 4.43 Å². The third kappa shape index (κ3) is 5.90. The second kappa shape index (κ2) is 6.23. The van der Waals surface area contributed by atoms with Gasteiger partial charge in [-0.05, 0) is 25.2 Å². The van der Waals surface area contributed by atoms with E-state index >= 15 is 0 Å². The van der Waals surface area contributed by atoms with Crippen molar-refractivity contribution in [2.24, 2.45) is 0 Å². The molecule has 0 spiro atoms. The normalized spacial score (nSPS) is 13.6. The van der Waals surface area contributed by atoms with Crippen molar-refractivity contribution in [3.05, 3.63) is 0 Å². The van der Waals surface area contributed by atoms with Crippen molar-refractivity contribution in [1.82, 2.24) is 4.90 Å². The highest BCUT2D eigenvalue weighted by Crippen LogP contribution is 2.36. The monoisotopic (exact) mass is 251 g/mol. The quantitative estimate of drug-likeness (QED) is 0.531. The Kier molecular flexibility index (Phi) is 6.41. The average molecular weight is 252 g/mol. The van der Waals surface area contributed by atoms with Gasteiger partial charge in [-0.3, -0.25) is 0 Å². The minimum Gasteiger partial charge on any atom is -0.416 e. The van der Waals surface area contributed by atoms with Crippen LogP contribution >= 0.6 is 11.6 Å². The molecule has 92 valence electrons. The molecule has 0 atom stereocenters. The molecule has 0 saturated heterocycles. The molecule has 0 amide bonds. The summed E-state index contributed by atoms with van der Waals surface area (Å²) in [6, 6.07) is 0. The SMILES string of the molecule is CN(CCCl)CCO[Si](C)(C)C(C)(C)C. The fraction of sp³-hybridized carbons (Fsp3) is 1.00. The maximum absolute atomic E-state index is 6.07. The topological polar surface area (TPSA) is 12.5 Å². The zero-order valence-corrected chi connectivity index (χ0v) is 12.8. The molecule has 0 aromatic carbocycles. The molecule has 0 aliphatic carbocycles.